The van der Waals surface area contributed by atoms with Gasteiger partial charge in [0.1, 0.15) is 0 Å². The predicted octanol–water partition coefficient (Wildman–Crippen LogP) is 5.46. The fourth-order valence-electron chi connectivity index (χ4n) is 3.98. The van der Waals surface area contributed by atoms with Crippen LogP contribution in [0.4, 0.5) is 0 Å². The largest absolute Gasteiger partial charge is 0.287 e. The van der Waals surface area contributed by atoms with Gasteiger partial charge in [-0.25, -0.2) is 4.68 Å². The van der Waals surface area contributed by atoms with E-state index >= 15 is 0 Å². The average Bonchev–Trinajstić information content (AvgIpc) is 3.19. The molecule has 0 radical (unpaired) electrons. The van der Waals surface area contributed by atoms with Gasteiger partial charge < -0.3 is 0 Å². The molecule has 1 fully saturated rings. The maximum atomic E-state index is 6.06. The molecule has 0 bridgehead atoms. The summed E-state index contributed by atoms with van der Waals surface area (Å²) < 4.78 is 2.07. The van der Waals surface area contributed by atoms with Crippen molar-refractivity contribution < 1.29 is 0 Å². The Labute approximate surface area is 183 Å². The molecule has 0 unspecified atom stereocenters. The Morgan fingerprint density at radius 2 is 1.52 bits per heavy atom. The first-order valence-electron chi connectivity index (χ1n) is 10.1. The number of rotatable bonds is 7. The number of nitrogens with zero attached hydrogens (tertiary/aromatic N) is 5. The van der Waals surface area contributed by atoms with E-state index in [9.17, 15) is 0 Å². The van der Waals surface area contributed by atoms with Crippen molar-refractivity contribution >= 4 is 24.0 Å². The Bertz CT molecular complexity index is 860. The Morgan fingerprint density at radius 3 is 2.21 bits per heavy atom. The van der Waals surface area contributed by atoms with Crippen LogP contribution in [0.25, 0.3) is 0 Å². The number of benzene rings is 2. The van der Waals surface area contributed by atoms with Gasteiger partial charge in [-0.05, 0) is 46.5 Å². The summed E-state index contributed by atoms with van der Waals surface area (Å²) in [5.74, 6) is 0.955. The molecule has 0 spiro atoms. The molecule has 1 aromatic heterocycles. The molecule has 0 aliphatic heterocycles. The van der Waals surface area contributed by atoms with Gasteiger partial charge in [0.15, 0.2) is 5.82 Å². The Balaban J connectivity index is 0.00000240. The third-order valence-corrected chi connectivity index (χ3v) is 5.67. The lowest BCUT2D eigenvalue weighted by atomic mass is 9.95. The monoisotopic (exact) mass is 431 g/mol. The van der Waals surface area contributed by atoms with Crippen LogP contribution in [0.15, 0.2) is 54.6 Å². The molecule has 4 rings (SSSR count). The van der Waals surface area contributed by atoms with Crippen molar-refractivity contribution in [1.29, 1.82) is 0 Å². The summed E-state index contributed by atoms with van der Waals surface area (Å²) in [7, 11) is 0. The van der Waals surface area contributed by atoms with Crippen molar-refractivity contribution in [2.45, 2.75) is 57.8 Å². The predicted molar refractivity (Wildman–Crippen MR) is 118 cm³/mol. The number of hydrogen-bond acceptors (Lipinski definition) is 4. The molecule has 0 amide bonds. The SMILES string of the molecule is Cl.Clc1ccc(CN(Cc2ccccc2)Cc2nnnn2C2CCCCC2)cc1. The summed E-state index contributed by atoms with van der Waals surface area (Å²) >= 11 is 6.06. The Kier molecular flexibility index (Phi) is 8.04. The van der Waals surface area contributed by atoms with Gasteiger partial charge in [0, 0.05) is 18.1 Å². The lowest BCUT2D eigenvalue weighted by molar-refractivity contribution is 0.226. The number of hydrogen-bond donors (Lipinski definition) is 0. The fourth-order valence-corrected chi connectivity index (χ4v) is 4.11. The summed E-state index contributed by atoms with van der Waals surface area (Å²) in [5, 5.41) is 13.5. The van der Waals surface area contributed by atoms with E-state index in [1.165, 1.54) is 43.2 Å². The van der Waals surface area contributed by atoms with Crippen LogP contribution in [0.3, 0.4) is 0 Å². The van der Waals surface area contributed by atoms with E-state index < -0.39 is 0 Å². The van der Waals surface area contributed by atoms with Crippen molar-refractivity contribution in [3.05, 3.63) is 76.6 Å². The van der Waals surface area contributed by atoms with Gasteiger partial charge in [-0.3, -0.25) is 4.90 Å². The van der Waals surface area contributed by atoms with E-state index in [1.54, 1.807) is 0 Å². The van der Waals surface area contributed by atoms with Crippen molar-refractivity contribution in [2.75, 3.05) is 0 Å². The molecule has 1 aliphatic carbocycles. The van der Waals surface area contributed by atoms with Gasteiger partial charge in [-0.15, -0.1) is 17.5 Å². The van der Waals surface area contributed by atoms with Gasteiger partial charge in [0.25, 0.3) is 0 Å². The second kappa shape index (κ2) is 10.7. The second-order valence-electron chi connectivity index (χ2n) is 7.59. The minimum Gasteiger partial charge on any atom is -0.287 e. The average molecular weight is 432 g/mol. The van der Waals surface area contributed by atoms with Gasteiger partial charge in [0.05, 0.1) is 12.6 Å². The zero-order valence-corrected chi connectivity index (χ0v) is 18.0. The molecule has 2 aromatic carbocycles. The van der Waals surface area contributed by atoms with Crippen LogP contribution >= 0.6 is 24.0 Å². The molecule has 1 saturated carbocycles. The zero-order chi connectivity index (χ0) is 19.2. The lowest BCUT2D eigenvalue weighted by Gasteiger charge is -2.25. The third kappa shape index (κ3) is 6.01. The number of tetrazole rings is 1. The first-order chi connectivity index (χ1) is 13.8. The molecular weight excluding hydrogens is 405 g/mol. The molecule has 0 saturated heterocycles. The van der Waals surface area contributed by atoms with E-state index in [0.29, 0.717) is 6.04 Å². The van der Waals surface area contributed by atoms with Crippen molar-refractivity contribution in [2.24, 2.45) is 0 Å². The molecule has 5 nitrogen and oxygen atoms in total. The Hall–Kier alpha value is -1.95. The summed E-state index contributed by atoms with van der Waals surface area (Å²) in [5.41, 5.74) is 2.52. The van der Waals surface area contributed by atoms with E-state index in [-0.39, 0.29) is 12.4 Å². The van der Waals surface area contributed by atoms with Gasteiger partial charge in [0.2, 0.25) is 0 Å². The molecule has 154 valence electrons. The van der Waals surface area contributed by atoms with Crippen LogP contribution in [0, 0.1) is 0 Å². The highest BCUT2D eigenvalue weighted by Crippen LogP contribution is 2.28. The standard InChI is InChI=1S/C22H26ClN5.ClH/c23-20-13-11-19(12-14-20)16-27(15-18-7-3-1-4-8-18)17-22-24-25-26-28(22)21-9-5-2-6-10-21;/h1,3-4,7-8,11-14,21H,2,5-6,9-10,15-17H2;1H. The normalized spacial score (nSPS) is 14.7. The Morgan fingerprint density at radius 1 is 0.862 bits per heavy atom. The number of aromatic nitrogens is 4. The highest BCUT2D eigenvalue weighted by atomic mass is 35.5. The smallest absolute Gasteiger partial charge is 0.165 e. The first-order valence-corrected chi connectivity index (χ1v) is 10.4. The van der Waals surface area contributed by atoms with Crippen molar-refractivity contribution in [3.63, 3.8) is 0 Å². The summed E-state index contributed by atoms with van der Waals surface area (Å²) in [6.45, 7) is 2.39. The molecular formula is C22H27Cl2N5. The quantitative estimate of drug-likeness (QED) is 0.498. The summed E-state index contributed by atoms with van der Waals surface area (Å²) in [4.78, 5) is 2.39. The van der Waals surface area contributed by atoms with Crippen LogP contribution in [-0.4, -0.2) is 25.1 Å². The summed E-state index contributed by atoms with van der Waals surface area (Å²) in [6, 6.07) is 19.1. The van der Waals surface area contributed by atoms with Crippen LogP contribution in [0.5, 0.6) is 0 Å². The third-order valence-electron chi connectivity index (χ3n) is 5.42. The number of halogens is 2. The first kappa shape index (κ1) is 21.8. The van der Waals surface area contributed by atoms with Crippen LogP contribution in [-0.2, 0) is 19.6 Å². The molecule has 29 heavy (non-hydrogen) atoms. The highest BCUT2D eigenvalue weighted by Gasteiger charge is 2.21. The molecule has 1 heterocycles. The second-order valence-corrected chi connectivity index (χ2v) is 8.03. The van der Waals surface area contributed by atoms with Crippen molar-refractivity contribution in [3.8, 4) is 0 Å². The maximum absolute atomic E-state index is 6.06. The van der Waals surface area contributed by atoms with Crippen LogP contribution in [0.2, 0.25) is 5.02 Å². The zero-order valence-electron chi connectivity index (χ0n) is 16.5. The topological polar surface area (TPSA) is 46.8 Å². The minimum atomic E-state index is 0. The minimum absolute atomic E-state index is 0. The fraction of sp³-hybridized carbons (Fsp3) is 0.409. The highest BCUT2D eigenvalue weighted by molar-refractivity contribution is 6.30. The van der Waals surface area contributed by atoms with E-state index in [0.717, 1.165) is 30.5 Å². The van der Waals surface area contributed by atoms with E-state index in [4.69, 9.17) is 11.6 Å². The molecule has 1 aliphatic rings. The van der Waals surface area contributed by atoms with Gasteiger partial charge in [-0.2, -0.15) is 0 Å². The maximum Gasteiger partial charge on any atom is 0.165 e. The van der Waals surface area contributed by atoms with Gasteiger partial charge >= 0.3 is 0 Å². The lowest BCUT2D eigenvalue weighted by Crippen LogP contribution is -2.26. The van der Waals surface area contributed by atoms with E-state index in [2.05, 4.69) is 67.6 Å². The van der Waals surface area contributed by atoms with Crippen LogP contribution in [0.1, 0.15) is 55.1 Å². The molecule has 3 aromatic rings. The summed E-state index contributed by atoms with van der Waals surface area (Å²) in [6.07, 6.45) is 6.21. The molecule has 0 atom stereocenters. The van der Waals surface area contributed by atoms with E-state index in [1.807, 2.05) is 12.1 Å². The van der Waals surface area contributed by atoms with Crippen LogP contribution < -0.4 is 0 Å². The van der Waals surface area contributed by atoms with Crippen molar-refractivity contribution in [1.82, 2.24) is 25.1 Å². The molecule has 7 heteroatoms. The molecule has 0 N–H and O–H groups in total. The van der Waals surface area contributed by atoms with Gasteiger partial charge in [-0.1, -0.05) is 73.3 Å².